The van der Waals surface area contributed by atoms with Crippen molar-refractivity contribution < 1.29 is 9.18 Å². The van der Waals surface area contributed by atoms with Crippen molar-refractivity contribution in [2.75, 3.05) is 13.1 Å². The molecule has 3 nitrogen and oxygen atoms in total. The first-order valence-electron chi connectivity index (χ1n) is 6.52. The van der Waals surface area contributed by atoms with Gasteiger partial charge in [-0.3, -0.25) is 9.69 Å². The van der Waals surface area contributed by atoms with Gasteiger partial charge in [-0.15, -0.1) is 0 Å². The van der Waals surface area contributed by atoms with E-state index in [4.69, 9.17) is 0 Å². The summed E-state index contributed by atoms with van der Waals surface area (Å²) in [4.78, 5) is 14.3. The maximum atomic E-state index is 13.0. The molecule has 2 aromatic rings. The van der Waals surface area contributed by atoms with E-state index in [2.05, 4.69) is 21.7 Å². The van der Waals surface area contributed by atoms with Gasteiger partial charge in [-0.1, -0.05) is 12.1 Å². The maximum absolute atomic E-state index is 13.0. The van der Waals surface area contributed by atoms with Gasteiger partial charge in [0.05, 0.1) is 0 Å². The second-order valence-electron chi connectivity index (χ2n) is 4.85. The van der Waals surface area contributed by atoms with Crippen LogP contribution >= 0.6 is 11.3 Å². The highest BCUT2D eigenvalue weighted by atomic mass is 32.1. The van der Waals surface area contributed by atoms with E-state index >= 15 is 0 Å². The van der Waals surface area contributed by atoms with E-state index in [1.807, 2.05) is 5.38 Å². The molecule has 0 aliphatic carbocycles. The van der Waals surface area contributed by atoms with Crippen molar-refractivity contribution >= 4 is 17.2 Å². The molecule has 0 spiro atoms. The van der Waals surface area contributed by atoms with Gasteiger partial charge in [0, 0.05) is 19.6 Å². The molecule has 0 saturated carbocycles. The van der Waals surface area contributed by atoms with Gasteiger partial charge in [0.1, 0.15) is 11.9 Å². The van der Waals surface area contributed by atoms with Crippen molar-refractivity contribution in [3.63, 3.8) is 0 Å². The van der Waals surface area contributed by atoms with Crippen LogP contribution in [0.5, 0.6) is 0 Å². The third kappa shape index (κ3) is 2.73. The molecule has 1 aliphatic heterocycles. The van der Waals surface area contributed by atoms with Gasteiger partial charge < -0.3 is 5.32 Å². The number of hydrogen-bond acceptors (Lipinski definition) is 3. The molecule has 1 aromatic heterocycles. The molecular formula is C15H15FN2OS. The summed E-state index contributed by atoms with van der Waals surface area (Å²) < 4.78 is 13.0. The number of carbonyl (C=O) groups excluding carboxylic acids is 1. The fourth-order valence-corrected chi connectivity index (χ4v) is 3.17. The van der Waals surface area contributed by atoms with Crippen molar-refractivity contribution in [3.05, 3.63) is 58.0 Å². The number of halogens is 1. The molecule has 104 valence electrons. The third-order valence-corrected chi connectivity index (χ3v) is 4.20. The lowest BCUT2D eigenvalue weighted by atomic mass is 10.0. The average molecular weight is 290 g/mol. The number of carbonyl (C=O) groups is 1. The normalized spacial score (nSPS) is 19.9. The number of nitrogens with one attached hydrogen (secondary N) is 1. The molecule has 1 atom stereocenters. The first-order chi connectivity index (χ1) is 9.74. The Labute approximate surface area is 121 Å². The quantitative estimate of drug-likeness (QED) is 0.942. The molecule has 1 saturated heterocycles. The van der Waals surface area contributed by atoms with E-state index in [0.717, 1.165) is 18.7 Å². The van der Waals surface area contributed by atoms with Crippen LogP contribution in [0.25, 0.3) is 0 Å². The monoisotopic (exact) mass is 290 g/mol. The molecule has 1 amide bonds. The highest BCUT2D eigenvalue weighted by molar-refractivity contribution is 7.07. The lowest BCUT2D eigenvalue weighted by Gasteiger charge is -2.35. The predicted molar refractivity (Wildman–Crippen MR) is 76.9 cm³/mol. The van der Waals surface area contributed by atoms with Crippen LogP contribution in [0.3, 0.4) is 0 Å². The molecule has 1 unspecified atom stereocenters. The van der Waals surface area contributed by atoms with Crippen LogP contribution in [0.2, 0.25) is 0 Å². The fraction of sp³-hybridized carbons (Fsp3) is 0.267. The fourth-order valence-electron chi connectivity index (χ4n) is 2.51. The smallest absolute Gasteiger partial charge is 0.242 e. The van der Waals surface area contributed by atoms with E-state index in [-0.39, 0.29) is 17.8 Å². The van der Waals surface area contributed by atoms with E-state index in [1.165, 1.54) is 17.7 Å². The van der Waals surface area contributed by atoms with Gasteiger partial charge in [-0.05, 0) is 40.1 Å². The van der Waals surface area contributed by atoms with Crippen molar-refractivity contribution in [2.24, 2.45) is 0 Å². The number of thiophene rings is 1. The van der Waals surface area contributed by atoms with Crippen LogP contribution in [-0.4, -0.2) is 23.9 Å². The van der Waals surface area contributed by atoms with Crippen molar-refractivity contribution in [1.29, 1.82) is 0 Å². The van der Waals surface area contributed by atoms with Gasteiger partial charge in [-0.25, -0.2) is 4.39 Å². The molecule has 0 bridgehead atoms. The minimum absolute atomic E-state index is 0.0157. The van der Waals surface area contributed by atoms with Crippen molar-refractivity contribution in [1.82, 2.24) is 10.2 Å². The van der Waals surface area contributed by atoms with Crippen LogP contribution in [0, 0.1) is 5.82 Å². The first-order valence-corrected chi connectivity index (χ1v) is 7.46. The second kappa shape index (κ2) is 5.73. The van der Waals surface area contributed by atoms with Gasteiger partial charge in [-0.2, -0.15) is 11.3 Å². The molecule has 0 radical (unpaired) electrons. The van der Waals surface area contributed by atoms with Crippen LogP contribution < -0.4 is 5.32 Å². The third-order valence-electron chi connectivity index (χ3n) is 3.46. The molecule has 1 fully saturated rings. The summed E-state index contributed by atoms with van der Waals surface area (Å²) in [6.45, 7) is 2.18. The molecule has 3 rings (SSSR count). The topological polar surface area (TPSA) is 32.3 Å². The summed E-state index contributed by atoms with van der Waals surface area (Å²) in [5.41, 5.74) is 2.04. The number of amides is 1. The summed E-state index contributed by atoms with van der Waals surface area (Å²) in [6, 6.07) is 7.90. The summed E-state index contributed by atoms with van der Waals surface area (Å²) in [7, 11) is 0. The summed E-state index contributed by atoms with van der Waals surface area (Å²) >= 11 is 1.65. The number of piperazine rings is 1. The highest BCUT2D eigenvalue weighted by Gasteiger charge is 2.30. The summed E-state index contributed by atoms with van der Waals surface area (Å²) in [6.07, 6.45) is 0. The molecule has 1 aliphatic rings. The van der Waals surface area contributed by atoms with Crippen LogP contribution in [0.4, 0.5) is 4.39 Å². The predicted octanol–water partition coefficient (Wildman–Crippen LogP) is 2.56. The maximum Gasteiger partial charge on any atom is 0.242 e. The van der Waals surface area contributed by atoms with Crippen LogP contribution in [0.1, 0.15) is 17.2 Å². The Kier molecular flexibility index (Phi) is 3.80. The Morgan fingerprint density at radius 3 is 2.80 bits per heavy atom. The van der Waals surface area contributed by atoms with E-state index < -0.39 is 0 Å². The number of benzene rings is 1. The van der Waals surface area contributed by atoms with Gasteiger partial charge in [0.2, 0.25) is 5.91 Å². The summed E-state index contributed by atoms with van der Waals surface area (Å²) in [5, 5.41) is 7.01. The Bertz CT molecular complexity index is 582. The standard InChI is InChI=1S/C15H15FN2OS/c16-13-3-1-12(2-4-13)14-15(19)17-6-7-18(14)9-11-5-8-20-10-11/h1-5,8,10,14H,6-7,9H2,(H,17,19). The van der Waals surface area contributed by atoms with Gasteiger partial charge in [0.15, 0.2) is 0 Å². The van der Waals surface area contributed by atoms with Crippen LogP contribution in [-0.2, 0) is 11.3 Å². The lowest BCUT2D eigenvalue weighted by molar-refractivity contribution is -0.129. The zero-order valence-corrected chi connectivity index (χ0v) is 11.7. The Balaban J connectivity index is 1.86. The number of hydrogen-bond donors (Lipinski definition) is 1. The second-order valence-corrected chi connectivity index (χ2v) is 5.63. The van der Waals surface area contributed by atoms with Crippen molar-refractivity contribution in [2.45, 2.75) is 12.6 Å². The molecule has 1 N–H and O–H groups in total. The summed E-state index contributed by atoms with van der Waals surface area (Å²) in [5.74, 6) is -0.299. The minimum Gasteiger partial charge on any atom is -0.353 e. The first kappa shape index (κ1) is 13.3. The SMILES string of the molecule is O=C1NCCN(Cc2ccsc2)C1c1ccc(F)cc1. The largest absolute Gasteiger partial charge is 0.353 e. The Hall–Kier alpha value is -1.72. The Morgan fingerprint density at radius 2 is 2.10 bits per heavy atom. The van der Waals surface area contributed by atoms with E-state index in [0.29, 0.717) is 6.54 Å². The molecule has 1 aromatic carbocycles. The van der Waals surface area contributed by atoms with Crippen molar-refractivity contribution in [3.8, 4) is 0 Å². The highest BCUT2D eigenvalue weighted by Crippen LogP contribution is 2.25. The van der Waals surface area contributed by atoms with E-state index in [1.54, 1.807) is 23.5 Å². The average Bonchev–Trinajstić information content (AvgIpc) is 2.94. The zero-order chi connectivity index (χ0) is 13.9. The number of nitrogens with zero attached hydrogens (tertiary/aromatic N) is 1. The lowest BCUT2D eigenvalue weighted by Crippen LogP contribution is -2.49. The Morgan fingerprint density at radius 1 is 1.30 bits per heavy atom. The number of rotatable bonds is 3. The molecule has 5 heteroatoms. The molecule has 20 heavy (non-hydrogen) atoms. The van der Waals surface area contributed by atoms with Crippen LogP contribution in [0.15, 0.2) is 41.1 Å². The van der Waals surface area contributed by atoms with Gasteiger partial charge in [0.25, 0.3) is 0 Å². The molecule has 2 heterocycles. The minimum atomic E-state index is -0.343. The molecular weight excluding hydrogens is 275 g/mol. The van der Waals surface area contributed by atoms with Gasteiger partial charge >= 0.3 is 0 Å². The zero-order valence-electron chi connectivity index (χ0n) is 10.9. The van der Waals surface area contributed by atoms with E-state index in [9.17, 15) is 9.18 Å².